The lowest BCUT2D eigenvalue weighted by Crippen LogP contribution is -2.35. The van der Waals surface area contributed by atoms with Crippen molar-refractivity contribution in [2.75, 3.05) is 13.2 Å². The molecule has 7 nitrogen and oxygen atoms in total. The van der Waals surface area contributed by atoms with Crippen molar-refractivity contribution in [2.24, 2.45) is 5.11 Å². The standard InChI is InChI=1S/C5H9N3O4/c6-8-7-3(1-9)5(12)4(11)2-10/h3-4,9-11H,1-2H2/t3-,4+/m0/s1. The first-order valence-corrected chi connectivity index (χ1v) is 3.15. The molecule has 2 atom stereocenters. The van der Waals surface area contributed by atoms with Gasteiger partial charge >= 0.3 is 0 Å². The van der Waals surface area contributed by atoms with E-state index >= 15 is 0 Å². The summed E-state index contributed by atoms with van der Waals surface area (Å²) < 4.78 is 0. The number of azide groups is 1. The van der Waals surface area contributed by atoms with E-state index in [1.165, 1.54) is 0 Å². The van der Waals surface area contributed by atoms with E-state index in [-0.39, 0.29) is 0 Å². The summed E-state index contributed by atoms with van der Waals surface area (Å²) in [5.41, 5.74) is 7.92. The van der Waals surface area contributed by atoms with Gasteiger partial charge in [0, 0.05) is 4.91 Å². The van der Waals surface area contributed by atoms with Crippen LogP contribution in [0, 0.1) is 0 Å². The highest BCUT2D eigenvalue weighted by atomic mass is 16.3. The van der Waals surface area contributed by atoms with Gasteiger partial charge in [-0.25, -0.2) is 0 Å². The van der Waals surface area contributed by atoms with E-state index in [0.717, 1.165) is 0 Å². The number of aliphatic hydroxyl groups excluding tert-OH is 3. The molecule has 0 unspecified atom stereocenters. The average molecular weight is 175 g/mol. The molecule has 0 aliphatic heterocycles. The Hall–Kier alpha value is -1.14. The number of ketones is 1. The third kappa shape index (κ3) is 2.85. The van der Waals surface area contributed by atoms with Crippen molar-refractivity contribution in [2.45, 2.75) is 12.1 Å². The molecule has 0 heterocycles. The van der Waals surface area contributed by atoms with Gasteiger partial charge in [0.15, 0.2) is 5.78 Å². The Bertz CT molecular complexity index is 201. The SMILES string of the molecule is [N-]=[N+]=N[C@@H](CO)C(=O)[C@H](O)CO. The van der Waals surface area contributed by atoms with Crippen molar-refractivity contribution in [3.05, 3.63) is 10.4 Å². The lowest BCUT2D eigenvalue weighted by Gasteiger charge is -2.09. The largest absolute Gasteiger partial charge is 0.395 e. The molecule has 0 aliphatic carbocycles. The van der Waals surface area contributed by atoms with Crippen LogP contribution in [0.2, 0.25) is 0 Å². The fourth-order valence-corrected chi connectivity index (χ4v) is 0.558. The summed E-state index contributed by atoms with van der Waals surface area (Å²) in [5.74, 6) is -0.891. The molecule has 0 saturated heterocycles. The monoisotopic (exact) mass is 175 g/mol. The van der Waals surface area contributed by atoms with E-state index in [4.69, 9.17) is 20.9 Å². The molecule has 0 amide bonds. The average Bonchev–Trinajstić information content (AvgIpc) is 2.11. The molecule has 0 spiro atoms. The molecule has 12 heavy (non-hydrogen) atoms. The van der Waals surface area contributed by atoms with E-state index in [9.17, 15) is 4.79 Å². The fraction of sp³-hybridized carbons (Fsp3) is 0.800. The minimum Gasteiger partial charge on any atom is -0.395 e. The molecule has 7 heteroatoms. The maximum absolute atomic E-state index is 10.9. The van der Waals surface area contributed by atoms with Crippen LogP contribution in [0.4, 0.5) is 0 Å². The normalized spacial score (nSPS) is 14.6. The van der Waals surface area contributed by atoms with E-state index in [2.05, 4.69) is 10.0 Å². The Morgan fingerprint density at radius 2 is 2.08 bits per heavy atom. The second-order valence-corrected chi connectivity index (χ2v) is 2.00. The van der Waals surface area contributed by atoms with Gasteiger partial charge < -0.3 is 15.3 Å². The topological polar surface area (TPSA) is 127 Å². The highest BCUT2D eigenvalue weighted by Gasteiger charge is 2.22. The van der Waals surface area contributed by atoms with Gasteiger partial charge in [-0.05, 0) is 5.53 Å². The summed E-state index contributed by atoms with van der Waals surface area (Å²) in [6, 6.07) is -1.32. The van der Waals surface area contributed by atoms with Gasteiger partial charge in [0.1, 0.15) is 12.1 Å². The van der Waals surface area contributed by atoms with Crippen LogP contribution in [-0.4, -0.2) is 46.5 Å². The van der Waals surface area contributed by atoms with Gasteiger partial charge in [-0.3, -0.25) is 4.79 Å². The zero-order valence-electron chi connectivity index (χ0n) is 6.16. The van der Waals surface area contributed by atoms with Crippen molar-refractivity contribution >= 4 is 5.78 Å². The Balaban J connectivity index is 4.30. The first kappa shape index (κ1) is 10.9. The van der Waals surface area contributed by atoms with Crippen LogP contribution in [0.5, 0.6) is 0 Å². The second kappa shape index (κ2) is 5.50. The summed E-state index contributed by atoms with van der Waals surface area (Å²) in [4.78, 5) is 13.2. The lowest BCUT2D eigenvalue weighted by molar-refractivity contribution is -0.131. The molecule has 0 rings (SSSR count). The van der Waals surface area contributed by atoms with Crippen LogP contribution in [0.25, 0.3) is 10.4 Å². The third-order valence-corrected chi connectivity index (χ3v) is 1.19. The van der Waals surface area contributed by atoms with Crippen molar-refractivity contribution in [1.29, 1.82) is 0 Å². The molecule has 0 bridgehead atoms. The number of rotatable bonds is 5. The van der Waals surface area contributed by atoms with Crippen molar-refractivity contribution in [3.8, 4) is 0 Å². The summed E-state index contributed by atoms with van der Waals surface area (Å²) in [7, 11) is 0. The summed E-state index contributed by atoms with van der Waals surface area (Å²) in [5, 5.41) is 28.5. The number of nitrogens with zero attached hydrogens (tertiary/aromatic N) is 3. The van der Waals surface area contributed by atoms with Crippen LogP contribution in [0.15, 0.2) is 5.11 Å². The molecule has 0 radical (unpaired) electrons. The molecule has 3 N–H and O–H groups in total. The van der Waals surface area contributed by atoms with Crippen LogP contribution in [0.1, 0.15) is 0 Å². The molecular weight excluding hydrogens is 166 g/mol. The Morgan fingerprint density at radius 3 is 2.42 bits per heavy atom. The van der Waals surface area contributed by atoms with Crippen LogP contribution in [0.3, 0.4) is 0 Å². The van der Waals surface area contributed by atoms with E-state index in [1.807, 2.05) is 0 Å². The quantitative estimate of drug-likeness (QED) is 0.269. The summed E-state index contributed by atoms with van der Waals surface area (Å²) >= 11 is 0. The van der Waals surface area contributed by atoms with E-state index in [0.29, 0.717) is 0 Å². The zero-order chi connectivity index (χ0) is 9.56. The maximum Gasteiger partial charge on any atom is 0.174 e. The number of hydrogen-bond acceptors (Lipinski definition) is 5. The number of hydrogen-bond donors (Lipinski definition) is 3. The number of aliphatic hydroxyl groups is 3. The van der Waals surface area contributed by atoms with Crippen molar-refractivity contribution < 1.29 is 20.1 Å². The van der Waals surface area contributed by atoms with E-state index in [1.54, 1.807) is 0 Å². The van der Waals surface area contributed by atoms with Gasteiger partial charge in [0.25, 0.3) is 0 Å². The van der Waals surface area contributed by atoms with Crippen LogP contribution in [-0.2, 0) is 4.79 Å². The number of carbonyl (C=O) groups is 1. The lowest BCUT2D eigenvalue weighted by atomic mass is 10.1. The molecule has 0 aliphatic rings. The Kier molecular flexibility index (Phi) is 4.98. The maximum atomic E-state index is 10.9. The van der Waals surface area contributed by atoms with Crippen LogP contribution < -0.4 is 0 Å². The predicted octanol–water partition coefficient (Wildman–Crippen LogP) is -1.42. The van der Waals surface area contributed by atoms with Crippen molar-refractivity contribution in [3.63, 3.8) is 0 Å². The molecule has 0 fully saturated rings. The van der Waals surface area contributed by atoms with Gasteiger partial charge in [0.05, 0.1) is 13.2 Å². The Labute approximate surface area is 67.9 Å². The second-order valence-electron chi connectivity index (χ2n) is 2.00. The third-order valence-electron chi connectivity index (χ3n) is 1.19. The smallest absolute Gasteiger partial charge is 0.174 e. The highest BCUT2D eigenvalue weighted by Crippen LogP contribution is 1.97. The first-order valence-electron chi connectivity index (χ1n) is 3.15. The molecule has 0 aromatic heterocycles. The number of Topliss-reactive ketones (excluding diaryl/α,β-unsaturated/α-hetero) is 1. The van der Waals surface area contributed by atoms with Gasteiger partial charge in [-0.2, -0.15) is 0 Å². The highest BCUT2D eigenvalue weighted by molar-refractivity contribution is 5.88. The summed E-state index contributed by atoms with van der Waals surface area (Å²) in [6.07, 6.45) is -1.60. The Morgan fingerprint density at radius 1 is 1.50 bits per heavy atom. The van der Waals surface area contributed by atoms with Gasteiger partial charge in [0.2, 0.25) is 0 Å². The summed E-state index contributed by atoms with van der Waals surface area (Å²) in [6.45, 7) is -1.43. The molecule has 0 aromatic carbocycles. The first-order chi connectivity index (χ1) is 5.67. The van der Waals surface area contributed by atoms with E-state index < -0.39 is 31.1 Å². The van der Waals surface area contributed by atoms with Crippen molar-refractivity contribution in [1.82, 2.24) is 0 Å². The minimum atomic E-state index is -1.60. The molecule has 0 aromatic rings. The van der Waals surface area contributed by atoms with Crippen LogP contribution >= 0.6 is 0 Å². The molecule has 68 valence electrons. The molecule has 0 saturated carbocycles. The predicted molar refractivity (Wildman–Crippen MR) is 38.1 cm³/mol. The van der Waals surface area contributed by atoms with Gasteiger partial charge in [-0.15, -0.1) is 0 Å². The minimum absolute atomic E-state index is 0.681. The molecular formula is C5H9N3O4. The number of carbonyl (C=O) groups excluding carboxylic acids is 1. The fourth-order valence-electron chi connectivity index (χ4n) is 0.558. The zero-order valence-corrected chi connectivity index (χ0v) is 6.16. The van der Waals surface area contributed by atoms with Gasteiger partial charge in [-0.1, -0.05) is 5.11 Å².